The average Bonchev–Trinajstić information content (AvgIpc) is 2.87. The molecule has 1 heterocycles. The molecule has 0 saturated carbocycles. The van der Waals surface area contributed by atoms with E-state index in [0.717, 1.165) is 0 Å². The summed E-state index contributed by atoms with van der Waals surface area (Å²) in [5, 5.41) is 2.15. The number of aromatic nitrogens is 2. The maximum Gasteiger partial charge on any atom is 0.400 e. The summed E-state index contributed by atoms with van der Waals surface area (Å²) in [5.41, 5.74) is 0.862. The highest BCUT2D eigenvalue weighted by atomic mass is 35.5. The second kappa shape index (κ2) is 4.93. The Kier molecular flexibility index (Phi) is 3.48. The predicted molar refractivity (Wildman–Crippen MR) is 62.9 cm³/mol. The fourth-order valence-corrected chi connectivity index (χ4v) is 1.45. The minimum atomic E-state index is -3.70. The SMILES string of the molecule is CNC(=O)c1ccc(-c2noc(C(F)(F)Cl)n2)cc1. The van der Waals surface area contributed by atoms with Crippen molar-refractivity contribution in [1.82, 2.24) is 15.5 Å². The molecule has 0 saturated heterocycles. The molecule has 1 N–H and O–H groups in total. The average molecular weight is 288 g/mol. The van der Waals surface area contributed by atoms with E-state index in [1.165, 1.54) is 31.3 Å². The Morgan fingerprint density at radius 1 is 1.37 bits per heavy atom. The van der Waals surface area contributed by atoms with Gasteiger partial charge in [-0.15, -0.1) is 0 Å². The van der Waals surface area contributed by atoms with Crippen molar-refractivity contribution in [3.8, 4) is 11.4 Å². The number of alkyl halides is 3. The largest absolute Gasteiger partial charge is 0.400 e. The van der Waals surface area contributed by atoms with Crippen LogP contribution in [0.2, 0.25) is 0 Å². The first kappa shape index (κ1) is 13.4. The first-order valence-electron chi connectivity index (χ1n) is 5.15. The third kappa shape index (κ3) is 2.87. The Morgan fingerprint density at radius 3 is 2.47 bits per heavy atom. The molecular formula is C11H8ClF2N3O2. The van der Waals surface area contributed by atoms with Gasteiger partial charge in [-0.2, -0.15) is 13.8 Å². The summed E-state index contributed by atoms with van der Waals surface area (Å²) in [6.07, 6.45) is 0. The maximum absolute atomic E-state index is 12.7. The van der Waals surface area contributed by atoms with Gasteiger partial charge in [0.05, 0.1) is 0 Å². The van der Waals surface area contributed by atoms with Gasteiger partial charge in [-0.1, -0.05) is 17.3 Å². The van der Waals surface area contributed by atoms with E-state index in [1.54, 1.807) is 0 Å². The van der Waals surface area contributed by atoms with Crippen LogP contribution in [0, 0.1) is 0 Å². The molecule has 1 aromatic carbocycles. The van der Waals surface area contributed by atoms with Gasteiger partial charge >= 0.3 is 11.3 Å². The third-order valence-corrected chi connectivity index (χ3v) is 2.46. The summed E-state index contributed by atoms with van der Waals surface area (Å²) in [4.78, 5) is 14.8. The van der Waals surface area contributed by atoms with Crippen molar-refractivity contribution in [2.24, 2.45) is 0 Å². The number of hydrogen-bond acceptors (Lipinski definition) is 4. The van der Waals surface area contributed by atoms with Crippen molar-refractivity contribution in [3.63, 3.8) is 0 Å². The van der Waals surface area contributed by atoms with Crippen LogP contribution in [0.1, 0.15) is 16.2 Å². The summed E-state index contributed by atoms with van der Waals surface area (Å²) in [6, 6.07) is 6.07. The van der Waals surface area contributed by atoms with Gasteiger partial charge < -0.3 is 9.84 Å². The highest BCUT2D eigenvalue weighted by molar-refractivity contribution is 6.21. The van der Waals surface area contributed by atoms with Crippen LogP contribution in [0.25, 0.3) is 11.4 Å². The number of benzene rings is 1. The molecule has 0 bridgehead atoms. The molecule has 0 aliphatic rings. The lowest BCUT2D eigenvalue weighted by Gasteiger charge is -2.00. The predicted octanol–water partition coefficient (Wildman–Crippen LogP) is 2.38. The summed E-state index contributed by atoms with van der Waals surface area (Å²) < 4.78 is 29.8. The van der Waals surface area contributed by atoms with E-state index in [0.29, 0.717) is 11.1 Å². The summed E-state index contributed by atoms with van der Waals surface area (Å²) in [5.74, 6) is -1.26. The van der Waals surface area contributed by atoms with Crippen molar-refractivity contribution < 1.29 is 18.1 Å². The van der Waals surface area contributed by atoms with Crippen LogP contribution in [0.3, 0.4) is 0 Å². The lowest BCUT2D eigenvalue weighted by atomic mass is 10.1. The Bertz CT molecular complexity index is 593. The number of nitrogens with one attached hydrogen (secondary N) is 1. The molecule has 0 spiro atoms. The Morgan fingerprint density at radius 2 is 2.00 bits per heavy atom. The number of rotatable bonds is 3. The third-order valence-electron chi connectivity index (χ3n) is 2.30. The van der Waals surface area contributed by atoms with E-state index in [-0.39, 0.29) is 11.7 Å². The molecular weight excluding hydrogens is 280 g/mol. The molecule has 19 heavy (non-hydrogen) atoms. The molecule has 5 nitrogen and oxygen atoms in total. The van der Waals surface area contributed by atoms with E-state index in [9.17, 15) is 13.6 Å². The molecule has 2 aromatic rings. The molecule has 0 aliphatic carbocycles. The van der Waals surface area contributed by atoms with Gasteiger partial charge in [-0.05, 0) is 23.7 Å². The Labute approximate surface area is 111 Å². The number of halogens is 3. The number of carbonyl (C=O) groups is 1. The van der Waals surface area contributed by atoms with Crippen LogP contribution in [0.5, 0.6) is 0 Å². The van der Waals surface area contributed by atoms with Gasteiger partial charge in [-0.25, -0.2) is 0 Å². The molecule has 8 heteroatoms. The molecule has 0 atom stereocenters. The van der Waals surface area contributed by atoms with Crippen molar-refractivity contribution in [2.75, 3.05) is 7.05 Å². The van der Waals surface area contributed by atoms with E-state index in [4.69, 9.17) is 11.6 Å². The fourth-order valence-electron chi connectivity index (χ4n) is 1.37. The zero-order chi connectivity index (χ0) is 14.0. The topological polar surface area (TPSA) is 68.0 Å². The molecule has 100 valence electrons. The monoisotopic (exact) mass is 287 g/mol. The lowest BCUT2D eigenvalue weighted by molar-refractivity contribution is 0.0551. The second-order valence-corrected chi connectivity index (χ2v) is 4.05. The van der Waals surface area contributed by atoms with Crippen LogP contribution in [-0.4, -0.2) is 23.1 Å². The maximum atomic E-state index is 12.7. The van der Waals surface area contributed by atoms with E-state index in [1.807, 2.05) is 0 Å². The first-order chi connectivity index (χ1) is 8.91. The molecule has 2 rings (SSSR count). The Balaban J connectivity index is 2.28. The van der Waals surface area contributed by atoms with Crippen LogP contribution in [-0.2, 0) is 5.38 Å². The highest BCUT2D eigenvalue weighted by Crippen LogP contribution is 2.32. The number of amides is 1. The van der Waals surface area contributed by atoms with Gasteiger partial charge in [0.15, 0.2) is 0 Å². The summed E-state index contributed by atoms with van der Waals surface area (Å²) in [7, 11) is 1.50. The minimum Gasteiger partial charge on any atom is -0.355 e. The van der Waals surface area contributed by atoms with Crippen LogP contribution >= 0.6 is 11.6 Å². The molecule has 0 unspecified atom stereocenters. The fraction of sp³-hybridized carbons (Fsp3) is 0.182. The highest BCUT2D eigenvalue weighted by Gasteiger charge is 2.35. The van der Waals surface area contributed by atoms with Crippen molar-refractivity contribution in [3.05, 3.63) is 35.7 Å². The van der Waals surface area contributed by atoms with E-state index < -0.39 is 11.3 Å². The van der Waals surface area contributed by atoms with Gasteiger partial charge in [-0.3, -0.25) is 4.79 Å². The number of hydrogen-bond donors (Lipinski definition) is 1. The summed E-state index contributed by atoms with van der Waals surface area (Å²) >= 11 is 4.76. The Hall–Kier alpha value is -2.02. The number of nitrogens with zero attached hydrogens (tertiary/aromatic N) is 2. The van der Waals surface area contributed by atoms with E-state index in [2.05, 4.69) is 20.0 Å². The summed E-state index contributed by atoms with van der Waals surface area (Å²) in [6.45, 7) is 0. The van der Waals surface area contributed by atoms with Crippen molar-refractivity contribution in [2.45, 2.75) is 5.38 Å². The molecule has 0 radical (unpaired) electrons. The molecule has 0 aliphatic heterocycles. The first-order valence-corrected chi connectivity index (χ1v) is 5.53. The molecule has 1 amide bonds. The zero-order valence-corrected chi connectivity index (χ0v) is 10.4. The quantitative estimate of drug-likeness (QED) is 0.880. The lowest BCUT2D eigenvalue weighted by Crippen LogP contribution is -2.17. The van der Waals surface area contributed by atoms with Crippen LogP contribution in [0.4, 0.5) is 8.78 Å². The smallest absolute Gasteiger partial charge is 0.355 e. The minimum absolute atomic E-state index is 0.0289. The van der Waals surface area contributed by atoms with Gasteiger partial charge in [0, 0.05) is 18.2 Å². The van der Waals surface area contributed by atoms with Gasteiger partial charge in [0.25, 0.3) is 5.91 Å². The van der Waals surface area contributed by atoms with Gasteiger partial charge in [0.1, 0.15) is 0 Å². The van der Waals surface area contributed by atoms with Crippen LogP contribution < -0.4 is 5.32 Å². The molecule has 1 aromatic heterocycles. The van der Waals surface area contributed by atoms with Crippen LogP contribution in [0.15, 0.2) is 28.8 Å². The normalized spacial score (nSPS) is 11.4. The standard InChI is InChI=1S/C11H8ClF2N3O2/c1-15-9(18)7-4-2-6(3-5-7)8-16-10(19-17-8)11(12,13)14/h2-5H,1H3,(H,15,18). The number of carbonyl (C=O) groups excluding carboxylic acids is 1. The van der Waals surface area contributed by atoms with E-state index >= 15 is 0 Å². The zero-order valence-electron chi connectivity index (χ0n) is 9.65. The van der Waals surface area contributed by atoms with Gasteiger partial charge in [0.2, 0.25) is 5.82 Å². The van der Waals surface area contributed by atoms with Crippen molar-refractivity contribution >= 4 is 17.5 Å². The molecule has 0 fully saturated rings. The van der Waals surface area contributed by atoms with Crippen molar-refractivity contribution in [1.29, 1.82) is 0 Å². The second-order valence-electron chi connectivity index (χ2n) is 3.58.